The fourth-order valence-corrected chi connectivity index (χ4v) is 1.78. The maximum atomic E-state index is 4.13. The lowest BCUT2D eigenvalue weighted by Gasteiger charge is -2.17. The van der Waals surface area contributed by atoms with Gasteiger partial charge in [0.1, 0.15) is 0 Å². The zero-order valence-electron chi connectivity index (χ0n) is 8.77. The highest BCUT2D eigenvalue weighted by Crippen LogP contribution is 2.23. The van der Waals surface area contributed by atoms with E-state index in [1.807, 2.05) is 25.3 Å². The summed E-state index contributed by atoms with van der Waals surface area (Å²) in [6.45, 7) is 4.27. The van der Waals surface area contributed by atoms with Crippen molar-refractivity contribution in [2.24, 2.45) is 0 Å². The van der Waals surface area contributed by atoms with Crippen LogP contribution in [-0.2, 0) is 0 Å². The van der Waals surface area contributed by atoms with Crippen LogP contribution in [-0.4, -0.2) is 35.1 Å². The number of rotatable bonds is 3. The van der Waals surface area contributed by atoms with Gasteiger partial charge in [-0.3, -0.25) is 4.57 Å². The predicted octanol–water partition coefficient (Wildman–Crippen LogP) is 1.65. The average Bonchev–Trinajstić information content (AvgIpc) is 2.46. The summed E-state index contributed by atoms with van der Waals surface area (Å²) in [6, 6.07) is 0.398. The van der Waals surface area contributed by atoms with Gasteiger partial charge in [0.25, 0.3) is 0 Å². The van der Waals surface area contributed by atoms with Crippen molar-refractivity contribution in [3.63, 3.8) is 0 Å². The summed E-state index contributed by atoms with van der Waals surface area (Å²) < 4.78 is 2.13. The molecule has 13 heavy (non-hydrogen) atoms. The summed E-state index contributed by atoms with van der Waals surface area (Å²) >= 11 is 1.62. The smallest absolute Gasteiger partial charge is 0.227 e. The van der Waals surface area contributed by atoms with Gasteiger partial charge in [-0.2, -0.15) is 0 Å². The molecule has 0 amide bonds. The van der Waals surface area contributed by atoms with Crippen molar-refractivity contribution in [3.8, 4) is 0 Å². The van der Waals surface area contributed by atoms with E-state index in [4.69, 9.17) is 0 Å². The first-order valence-corrected chi connectivity index (χ1v) is 5.46. The van der Waals surface area contributed by atoms with Crippen molar-refractivity contribution in [3.05, 3.63) is 0 Å². The van der Waals surface area contributed by atoms with Crippen LogP contribution in [0.2, 0.25) is 0 Å². The van der Waals surface area contributed by atoms with Crippen LogP contribution in [0.3, 0.4) is 0 Å². The monoisotopic (exact) mass is 200 g/mol. The molecule has 0 N–H and O–H groups in total. The second-order valence-electron chi connectivity index (χ2n) is 3.34. The zero-order valence-corrected chi connectivity index (χ0v) is 9.59. The van der Waals surface area contributed by atoms with E-state index in [1.54, 1.807) is 11.8 Å². The molecule has 0 aliphatic carbocycles. The van der Waals surface area contributed by atoms with Crippen LogP contribution in [0.4, 0.5) is 5.95 Å². The van der Waals surface area contributed by atoms with Gasteiger partial charge in [0.15, 0.2) is 5.16 Å². The van der Waals surface area contributed by atoms with E-state index < -0.39 is 0 Å². The van der Waals surface area contributed by atoms with E-state index >= 15 is 0 Å². The fourth-order valence-electron chi connectivity index (χ4n) is 1.17. The van der Waals surface area contributed by atoms with Crippen molar-refractivity contribution in [2.75, 3.05) is 25.3 Å². The van der Waals surface area contributed by atoms with E-state index in [9.17, 15) is 0 Å². The van der Waals surface area contributed by atoms with Crippen LogP contribution < -0.4 is 4.90 Å². The third-order valence-corrected chi connectivity index (χ3v) is 2.39. The van der Waals surface area contributed by atoms with Crippen molar-refractivity contribution in [1.29, 1.82) is 0 Å². The van der Waals surface area contributed by atoms with Crippen LogP contribution in [0.25, 0.3) is 0 Å². The molecule has 5 heteroatoms. The lowest BCUT2D eigenvalue weighted by atomic mass is 10.4. The van der Waals surface area contributed by atoms with Crippen molar-refractivity contribution in [2.45, 2.75) is 25.0 Å². The Kier molecular flexibility index (Phi) is 3.19. The van der Waals surface area contributed by atoms with Crippen molar-refractivity contribution in [1.82, 2.24) is 14.8 Å². The molecule has 1 heterocycles. The normalized spacial score (nSPS) is 10.9. The molecular weight excluding hydrogens is 184 g/mol. The minimum atomic E-state index is 0.398. The Morgan fingerprint density at radius 2 is 1.92 bits per heavy atom. The van der Waals surface area contributed by atoms with E-state index in [-0.39, 0.29) is 0 Å². The summed E-state index contributed by atoms with van der Waals surface area (Å²) in [5, 5.41) is 9.21. The molecule has 0 atom stereocenters. The second kappa shape index (κ2) is 4.00. The molecule has 4 nitrogen and oxygen atoms in total. The lowest BCUT2D eigenvalue weighted by Crippen LogP contribution is -2.17. The number of hydrogen-bond donors (Lipinski definition) is 0. The molecule has 0 aliphatic heterocycles. The summed E-state index contributed by atoms with van der Waals surface area (Å²) in [6.07, 6.45) is 2.02. The molecule has 0 spiro atoms. The summed E-state index contributed by atoms with van der Waals surface area (Å²) in [4.78, 5) is 1.98. The Balaban J connectivity index is 3.14. The minimum absolute atomic E-state index is 0.398. The Bertz CT molecular complexity index is 280. The predicted molar refractivity (Wildman–Crippen MR) is 56.5 cm³/mol. The summed E-state index contributed by atoms with van der Waals surface area (Å²) in [7, 11) is 3.96. The Morgan fingerprint density at radius 1 is 1.31 bits per heavy atom. The molecule has 0 radical (unpaired) electrons. The third kappa shape index (κ3) is 1.96. The van der Waals surface area contributed by atoms with Crippen molar-refractivity contribution < 1.29 is 0 Å². The standard InChI is InChI=1S/C8H16N4S/c1-6(2)12-7(11(3)4)9-10-8(12)13-5/h6H,1-5H3. The van der Waals surface area contributed by atoms with E-state index in [0.29, 0.717) is 6.04 Å². The Hall–Kier alpha value is -0.710. The van der Waals surface area contributed by atoms with Gasteiger partial charge in [-0.1, -0.05) is 11.8 Å². The lowest BCUT2D eigenvalue weighted by molar-refractivity contribution is 0.549. The molecule has 0 saturated heterocycles. The van der Waals surface area contributed by atoms with Gasteiger partial charge >= 0.3 is 0 Å². The van der Waals surface area contributed by atoms with Gasteiger partial charge in [-0.25, -0.2) is 0 Å². The molecule has 0 aliphatic rings. The van der Waals surface area contributed by atoms with Crippen LogP contribution in [0.15, 0.2) is 5.16 Å². The summed E-state index contributed by atoms with van der Waals surface area (Å²) in [5.41, 5.74) is 0. The zero-order chi connectivity index (χ0) is 10.0. The molecule has 0 saturated carbocycles. The van der Waals surface area contributed by atoms with Gasteiger partial charge in [0, 0.05) is 20.1 Å². The van der Waals surface area contributed by atoms with E-state index in [2.05, 4.69) is 28.6 Å². The summed E-state index contributed by atoms with van der Waals surface area (Å²) in [5.74, 6) is 0.916. The Labute approximate surface area is 83.3 Å². The van der Waals surface area contributed by atoms with Crippen LogP contribution >= 0.6 is 11.8 Å². The quantitative estimate of drug-likeness (QED) is 0.695. The first-order chi connectivity index (χ1) is 6.07. The third-order valence-electron chi connectivity index (χ3n) is 1.75. The van der Waals surface area contributed by atoms with Gasteiger partial charge in [-0.15, -0.1) is 10.2 Å². The molecular formula is C8H16N4S. The number of hydrogen-bond acceptors (Lipinski definition) is 4. The number of anilines is 1. The minimum Gasteiger partial charge on any atom is -0.347 e. The first-order valence-electron chi connectivity index (χ1n) is 4.24. The van der Waals surface area contributed by atoms with Gasteiger partial charge in [0.2, 0.25) is 5.95 Å². The molecule has 0 bridgehead atoms. The van der Waals surface area contributed by atoms with Gasteiger partial charge < -0.3 is 4.90 Å². The molecule has 1 rings (SSSR count). The highest BCUT2D eigenvalue weighted by molar-refractivity contribution is 7.98. The van der Waals surface area contributed by atoms with Crippen LogP contribution in [0.5, 0.6) is 0 Å². The fraction of sp³-hybridized carbons (Fsp3) is 0.750. The number of aromatic nitrogens is 3. The van der Waals surface area contributed by atoms with Gasteiger partial charge in [-0.05, 0) is 20.1 Å². The maximum Gasteiger partial charge on any atom is 0.227 e. The molecule has 74 valence electrons. The van der Waals surface area contributed by atoms with Gasteiger partial charge in [0.05, 0.1) is 0 Å². The topological polar surface area (TPSA) is 34.0 Å². The number of thioether (sulfide) groups is 1. The highest BCUT2D eigenvalue weighted by atomic mass is 32.2. The molecule has 1 aromatic rings. The average molecular weight is 200 g/mol. The van der Waals surface area contributed by atoms with Crippen molar-refractivity contribution >= 4 is 17.7 Å². The van der Waals surface area contributed by atoms with E-state index in [0.717, 1.165) is 11.1 Å². The maximum absolute atomic E-state index is 4.13. The molecule has 0 fully saturated rings. The van der Waals surface area contributed by atoms with E-state index in [1.165, 1.54) is 0 Å². The molecule has 0 aromatic carbocycles. The second-order valence-corrected chi connectivity index (χ2v) is 4.12. The first kappa shape index (κ1) is 10.4. The molecule has 1 aromatic heterocycles. The van der Waals surface area contributed by atoms with Crippen LogP contribution in [0, 0.1) is 0 Å². The Morgan fingerprint density at radius 3 is 2.31 bits per heavy atom. The number of nitrogens with zero attached hydrogens (tertiary/aromatic N) is 4. The largest absolute Gasteiger partial charge is 0.347 e. The van der Waals surface area contributed by atoms with Crippen LogP contribution in [0.1, 0.15) is 19.9 Å². The SMILES string of the molecule is CSc1nnc(N(C)C)n1C(C)C. The highest BCUT2D eigenvalue weighted by Gasteiger charge is 2.14. The molecule has 0 unspecified atom stereocenters.